The summed E-state index contributed by atoms with van der Waals surface area (Å²) in [7, 11) is 0. The maximum atomic E-state index is 13.1. The Morgan fingerprint density at radius 1 is 1.04 bits per heavy atom. The van der Waals surface area contributed by atoms with Crippen LogP contribution < -0.4 is 5.32 Å². The number of nitrogens with one attached hydrogen (secondary N) is 1. The molecule has 0 saturated heterocycles. The van der Waals surface area contributed by atoms with E-state index in [0.29, 0.717) is 0 Å². The van der Waals surface area contributed by atoms with Crippen molar-refractivity contribution in [1.82, 2.24) is 5.32 Å². The first-order valence-corrected chi connectivity index (χ1v) is 8.81. The molecular formula is C17H12F3NOS2. The first-order chi connectivity index (χ1) is 11.5. The van der Waals surface area contributed by atoms with Crippen molar-refractivity contribution in [3.63, 3.8) is 0 Å². The Balaban J connectivity index is 1.93. The van der Waals surface area contributed by atoms with E-state index < -0.39 is 23.7 Å². The SMILES string of the molecule is O=C(N[C@@H](c1ccsc1)c1cccs1)c1ccccc1C(F)(F)F. The van der Waals surface area contributed by atoms with Crippen LogP contribution in [0.5, 0.6) is 0 Å². The Morgan fingerprint density at radius 3 is 2.46 bits per heavy atom. The number of thiophene rings is 2. The minimum atomic E-state index is -4.57. The number of carbonyl (C=O) groups excluding carboxylic acids is 1. The van der Waals surface area contributed by atoms with Gasteiger partial charge in [-0.3, -0.25) is 4.79 Å². The molecule has 0 unspecified atom stereocenters. The fourth-order valence-electron chi connectivity index (χ4n) is 2.35. The van der Waals surface area contributed by atoms with Gasteiger partial charge in [0.2, 0.25) is 0 Å². The molecule has 124 valence electrons. The lowest BCUT2D eigenvalue weighted by molar-refractivity contribution is -0.137. The van der Waals surface area contributed by atoms with E-state index in [0.717, 1.165) is 16.5 Å². The lowest BCUT2D eigenvalue weighted by Gasteiger charge is -2.18. The number of alkyl halides is 3. The Kier molecular flexibility index (Phi) is 4.73. The molecule has 7 heteroatoms. The molecule has 0 aliphatic carbocycles. The van der Waals surface area contributed by atoms with Crippen LogP contribution in [0.25, 0.3) is 0 Å². The number of benzene rings is 1. The molecule has 2 aromatic heterocycles. The van der Waals surface area contributed by atoms with Crippen molar-refractivity contribution in [3.05, 3.63) is 80.2 Å². The van der Waals surface area contributed by atoms with Gasteiger partial charge < -0.3 is 5.32 Å². The standard InChI is InChI=1S/C17H12F3NOS2/c18-17(19,20)13-5-2-1-4-12(13)16(22)21-15(11-7-9-23-10-11)14-6-3-8-24-14/h1-10,15H,(H,21,22)/t15-/m0/s1. The number of amides is 1. The van der Waals surface area contributed by atoms with Crippen LogP contribution in [0.2, 0.25) is 0 Å². The lowest BCUT2D eigenvalue weighted by Crippen LogP contribution is -2.30. The van der Waals surface area contributed by atoms with Crippen LogP contribution >= 0.6 is 22.7 Å². The summed E-state index contributed by atoms with van der Waals surface area (Å²) < 4.78 is 39.3. The largest absolute Gasteiger partial charge is 0.417 e. The summed E-state index contributed by atoms with van der Waals surface area (Å²) in [5.41, 5.74) is -0.458. The van der Waals surface area contributed by atoms with Crippen molar-refractivity contribution >= 4 is 28.6 Å². The smallest absolute Gasteiger partial charge is 0.340 e. The number of carbonyl (C=O) groups is 1. The van der Waals surface area contributed by atoms with Crippen LogP contribution in [-0.4, -0.2) is 5.91 Å². The summed E-state index contributed by atoms with van der Waals surface area (Å²) in [4.78, 5) is 13.4. The van der Waals surface area contributed by atoms with Crippen molar-refractivity contribution in [3.8, 4) is 0 Å². The Morgan fingerprint density at radius 2 is 1.83 bits per heavy atom. The summed E-state index contributed by atoms with van der Waals surface area (Å²) in [5.74, 6) is -0.743. The van der Waals surface area contributed by atoms with Crippen molar-refractivity contribution in [2.24, 2.45) is 0 Å². The van der Waals surface area contributed by atoms with Crippen LogP contribution in [0.15, 0.2) is 58.6 Å². The molecule has 0 aliphatic heterocycles. The van der Waals surface area contributed by atoms with Crippen LogP contribution in [-0.2, 0) is 6.18 Å². The molecule has 1 aromatic carbocycles. The molecule has 24 heavy (non-hydrogen) atoms. The monoisotopic (exact) mass is 367 g/mol. The minimum Gasteiger partial charge on any atom is -0.340 e. The maximum absolute atomic E-state index is 13.1. The average molecular weight is 367 g/mol. The van der Waals surface area contributed by atoms with Gasteiger partial charge in [-0.1, -0.05) is 18.2 Å². The molecule has 2 heterocycles. The molecule has 0 aliphatic rings. The molecule has 2 nitrogen and oxygen atoms in total. The van der Waals surface area contributed by atoms with E-state index in [1.54, 1.807) is 0 Å². The summed E-state index contributed by atoms with van der Waals surface area (Å²) in [5, 5.41) is 8.34. The highest BCUT2D eigenvalue weighted by molar-refractivity contribution is 7.10. The van der Waals surface area contributed by atoms with Crippen molar-refractivity contribution < 1.29 is 18.0 Å². The number of rotatable bonds is 4. The summed E-state index contributed by atoms with van der Waals surface area (Å²) >= 11 is 2.91. The Labute approximate surface area is 144 Å². The highest BCUT2D eigenvalue weighted by Crippen LogP contribution is 2.33. The number of halogens is 3. The quantitative estimate of drug-likeness (QED) is 0.662. The van der Waals surface area contributed by atoms with Gasteiger partial charge in [-0.15, -0.1) is 11.3 Å². The van der Waals surface area contributed by atoms with E-state index >= 15 is 0 Å². The zero-order chi connectivity index (χ0) is 17.2. The topological polar surface area (TPSA) is 29.1 Å². The molecule has 0 radical (unpaired) electrons. The van der Waals surface area contributed by atoms with E-state index in [-0.39, 0.29) is 5.56 Å². The van der Waals surface area contributed by atoms with Gasteiger partial charge in [0.1, 0.15) is 0 Å². The number of hydrogen-bond donors (Lipinski definition) is 1. The second-order valence-corrected chi connectivity index (χ2v) is 6.78. The third-order valence-electron chi connectivity index (χ3n) is 3.46. The zero-order valence-corrected chi connectivity index (χ0v) is 13.8. The molecule has 0 spiro atoms. The first kappa shape index (κ1) is 16.7. The third kappa shape index (κ3) is 3.52. The van der Waals surface area contributed by atoms with Crippen LogP contribution in [0.1, 0.15) is 32.4 Å². The van der Waals surface area contributed by atoms with Gasteiger partial charge in [0.25, 0.3) is 5.91 Å². The molecule has 0 bridgehead atoms. The molecule has 3 rings (SSSR count). The highest BCUT2D eigenvalue weighted by atomic mass is 32.1. The Bertz CT molecular complexity index is 776. The fourth-order valence-corrected chi connectivity index (χ4v) is 3.84. The molecule has 1 amide bonds. The van der Waals surface area contributed by atoms with Gasteiger partial charge in [-0.2, -0.15) is 24.5 Å². The van der Waals surface area contributed by atoms with Crippen molar-refractivity contribution in [1.29, 1.82) is 0 Å². The van der Waals surface area contributed by atoms with E-state index in [1.165, 1.54) is 40.9 Å². The van der Waals surface area contributed by atoms with Crippen molar-refractivity contribution in [2.75, 3.05) is 0 Å². The average Bonchev–Trinajstić information content (AvgIpc) is 3.25. The first-order valence-electron chi connectivity index (χ1n) is 6.99. The highest BCUT2D eigenvalue weighted by Gasteiger charge is 2.35. The molecule has 3 aromatic rings. The van der Waals surface area contributed by atoms with Gasteiger partial charge in [0, 0.05) is 4.88 Å². The second kappa shape index (κ2) is 6.78. The van der Waals surface area contributed by atoms with Gasteiger partial charge in [0.05, 0.1) is 17.2 Å². The van der Waals surface area contributed by atoms with Crippen LogP contribution in [0, 0.1) is 0 Å². The van der Waals surface area contributed by atoms with E-state index in [2.05, 4.69) is 5.32 Å². The van der Waals surface area contributed by atoms with Gasteiger partial charge in [-0.25, -0.2) is 0 Å². The summed E-state index contributed by atoms with van der Waals surface area (Å²) in [6.45, 7) is 0. The van der Waals surface area contributed by atoms with Crippen LogP contribution in [0.3, 0.4) is 0 Å². The predicted molar refractivity (Wildman–Crippen MR) is 89.4 cm³/mol. The van der Waals surface area contributed by atoms with Gasteiger partial charge in [-0.05, 0) is 46.0 Å². The molecular weight excluding hydrogens is 355 g/mol. The van der Waals surface area contributed by atoms with Gasteiger partial charge >= 0.3 is 6.18 Å². The lowest BCUT2D eigenvalue weighted by atomic mass is 10.0. The fraction of sp³-hybridized carbons (Fsp3) is 0.118. The predicted octanol–water partition coefficient (Wildman–Crippen LogP) is 5.35. The normalized spacial score (nSPS) is 12.8. The van der Waals surface area contributed by atoms with E-state index in [4.69, 9.17) is 0 Å². The minimum absolute atomic E-state index is 0.373. The number of hydrogen-bond acceptors (Lipinski definition) is 3. The van der Waals surface area contributed by atoms with E-state index in [9.17, 15) is 18.0 Å². The van der Waals surface area contributed by atoms with Crippen LogP contribution in [0.4, 0.5) is 13.2 Å². The molecule has 1 N–H and O–H groups in total. The van der Waals surface area contributed by atoms with E-state index in [1.807, 2.05) is 34.3 Å². The summed E-state index contributed by atoms with van der Waals surface area (Å²) in [6, 6.07) is 9.88. The second-order valence-electron chi connectivity index (χ2n) is 5.02. The Hall–Kier alpha value is -2.12. The maximum Gasteiger partial charge on any atom is 0.417 e. The van der Waals surface area contributed by atoms with Gasteiger partial charge in [0.15, 0.2) is 0 Å². The molecule has 0 saturated carbocycles. The third-order valence-corrected chi connectivity index (χ3v) is 5.10. The molecule has 1 atom stereocenters. The summed E-state index contributed by atoms with van der Waals surface area (Å²) in [6.07, 6.45) is -4.57. The zero-order valence-electron chi connectivity index (χ0n) is 12.2. The molecule has 0 fully saturated rings. The van der Waals surface area contributed by atoms with Crippen molar-refractivity contribution in [2.45, 2.75) is 12.2 Å².